The molecule has 0 atom stereocenters. The molecule has 124 valence electrons. The van der Waals surface area contributed by atoms with Crippen LogP contribution in [-0.2, 0) is 5.75 Å². The van der Waals surface area contributed by atoms with E-state index in [2.05, 4.69) is 46.5 Å². The molecule has 25 heavy (non-hydrogen) atoms. The predicted molar refractivity (Wildman–Crippen MR) is 99.8 cm³/mol. The Bertz CT molecular complexity index is 996. The maximum Gasteiger partial charge on any atom is 0.237 e. The molecule has 0 saturated heterocycles. The molecule has 4 rings (SSSR count). The lowest BCUT2D eigenvalue weighted by Gasteiger charge is -2.01. The van der Waals surface area contributed by atoms with Crippen LogP contribution in [0, 0.1) is 0 Å². The highest BCUT2D eigenvalue weighted by Crippen LogP contribution is 2.27. The van der Waals surface area contributed by atoms with Crippen LogP contribution >= 0.6 is 11.8 Å². The first-order valence-corrected chi connectivity index (χ1v) is 8.89. The summed E-state index contributed by atoms with van der Waals surface area (Å²) in [6, 6.07) is 22.4. The van der Waals surface area contributed by atoms with Crippen molar-refractivity contribution in [3.05, 3.63) is 72.6 Å². The third kappa shape index (κ3) is 3.51. The summed E-state index contributed by atoms with van der Waals surface area (Å²) in [7, 11) is 1.64. The van der Waals surface area contributed by atoms with Crippen molar-refractivity contribution in [3.63, 3.8) is 0 Å². The van der Waals surface area contributed by atoms with E-state index in [0.29, 0.717) is 17.5 Å². The van der Waals surface area contributed by atoms with E-state index in [-0.39, 0.29) is 0 Å². The Labute approximate surface area is 149 Å². The molecule has 0 saturated carbocycles. The average Bonchev–Trinajstić information content (AvgIpc) is 3.15. The van der Waals surface area contributed by atoms with Gasteiger partial charge in [0.2, 0.25) is 11.7 Å². The van der Waals surface area contributed by atoms with Crippen molar-refractivity contribution in [1.82, 2.24) is 10.1 Å². The average molecular weight is 348 g/mol. The van der Waals surface area contributed by atoms with Crippen molar-refractivity contribution in [3.8, 4) is 17.1 Å². The van der Waals surface area contributed by atoms with Crippen LogP contribution in [-0.4, -0.2) is 17.3 Å². The van der Waals surface area contributed by atoms with Gasteiger partial charge in [-0.25, -0.2) is 0 Å². The normalized spacial score (nSPS) is 10.9. The van der Waals surface area contributed by atoms with Gasteiger partial charge in [-0.2, -0.15) is 4.98 Å². The first kappa shape index (κ1) is 15.7. The molecule has 0 bridgehead atoms. The van der Waals surface area contributed by atoms with E-state index < -0.39 is 0 Å². The second kappa shape index (κ2) is 6.99. The van der Waals surface area contributed by atoms with Gasteiger partial charge in [0.1, 0.15) is 5.75 Å². The molecule has 0 N–H and O–H groups in total. The molecule has 0 aliphatic carbocycles. The topological polar surface area (TPSA) is 48.2 Å². The lowest BCUT2D eigenvalue weighted by molar-refractivity contribution is 0.391. The van der Waals surface area contributed by atoms with E-state index in [9.17, 15) is 0 Å². The van der Waals surface area contributed by atoms with Gasteiger partial charge in [0.25, 0.3) is 0 Å². The summed E-state index contributed by atoms with van der Waals surface area (Å²) in [5.74, 6) is 2.65. The number of benzene rings is 3. The Balaban J connectivity index is 1.46. The summed E-state index contributed by atoms with van der Waals surface area (Å²) in [5.41, 5.74) is 0.909. The van der Waals surface area contributed by atoms with Crippen LogP contribution in [0.5, 0.6) is 5.75 Å². The standard InChI is InChI=1S/C20H16N2O2S/c1-23-17-9-6-15(7-10-17)20-21-19(24-22-20)13-25-18-11-8-14-4-2-3-5-16(14)12-18/h2-12H,13H2,1H3. The summed E-state index contributed by atoms with van der Waals surface area (Å²) < 4.78 is 10.5. The second-order valence-electron chi connectivity index (χ2n) is 5.54. The minimum absolute atomic E-state index is 0.594. The number of nitrogens with zero attached hydrogens (tertiary/aromatic N) is 2. The first-order valence-electron chi connectivity index (χ1n) is 7.90. The number of hydrogen-bond donors (Lipinski definition) is 0. The number of aromatic nitrogens is 2. The molecule has 0 radical (unpaired) electrons. The van der Waals surface area contributed by atoms with E-state index in [0.717, 1.165) is 11.3 Å². The SMILES string of the molecule is COc1ccc(-c2noc(CSc3ccc4ccccc4c3)n2)cc1. The highest BCUT2D eigenvalue weighted by molar-refractivity contribution is 7.98. The quantitative estimate of drug-likeness (QED) is 0.464. The fourth-order valence-electron chi connectivity index (χ4n) is 2.57. The number of ether oxygens (including phenoxy) is 1. The highest BCUT2D eigenvalue weighted by atomic mass is 32.2. The van der Waals surface area contributed by atoms with Gasteiger partial charge in [-0.05, 0) is 47.2 Å². The fourth-order valence-corrected chi connectivity index (χ4v) is 3.36. The second-order valence-corrected chi connectivity index (χ2v) is 6.59. The molecule has 0 amide bonds. The molecule has 0 unspecified atom stereocenters. The van der Waals surface area contributed by atoms with Crippen molar-refractivity contribution >= 4 is 22.5 Å². The van der Waals surface area contributed by atoms with E-state index in [1.165, 1.54) is 15.7 Å². The maximum atomic E-state index is 5.37. The Hall–Kier alpha value is -2.79. The van der Waals surface area contributed by atoms with Crippen LogP contribution in [0.3, 0.4) is 0 Å². The van der Waals surface area contributed by atoms with Gasteiger partial charge in [0.15, 0.2) is 0 Å². The van der Waals surface area contributed by atoms with Gasteiger partial charge in [-0.3, -0.25) is 0 Å². The van der Waals surface area contributed by atoms with Crippen molar-refractivity contribution in [1.29, 1.82) is 0 Å². The highest BCUT2D eigenvalue weighted by Gasteiger charge is 2.09. The summed E-state index contributed by atoms with van der Waals surface area (Å²) in [6.45, 7) is 0. The Morgan fingerprint density at radius 3 is 2.56 bits per heavy atom. The number of hydrogen-bond acceptors (Lipinski definition) is 5. The number of methoxy groups -OCH3 is 1. The van der Waals surface area contributed by atoms with Crippen molar-refractivity contribution < 1.29 is 9.26 Å². The van der Waals surface area contributed by atoms with Crippen LogP contribution in [0.4, 0.5) is 0 Å². The molecule has 0 spiro atoms. The van der Waals surface area contributed by atoms with E-state index >= 15 is 0 Å². The van der Waals surface area contributed by atoms with Gasteiger partial charge in [-0.1, -0.05) is 35.5 Å². The smallest absolute Gasteiger partial charge is 0.237 e. The van der Waals surface area contributed by atoms with Gasteiger partial charge >= 0.3 is 0 Å². The number of thioether (sulfide) groups is 1. The molecule has 0 aliphatic heterocycles. The van der Waals surface area contributed by atoms with Crippen molar-refractivity contribution in [2.75, 3.05) is 7.11 Å². The molecule has 3 aromatic carbocycles. The third-order valence-electron chi connectivity index (χ3n) is 3.90. The Kier molecular flexibility index (Phi) is 4.39. The minimum Gasteiger partial charge on any atom is -0.497 e. The lowest BCUT2D eigenvalue weighted by Crippen LogP contribution is -1.85. The number of rotatable bonds is 5. The maximum absolute atomic E-state index is 5.37. The third-order valence-corrected chi connectivity index (χ3v) is 4.88. The molecule has 5 heteroatoms. The number of fused-ring (bicyclic) bond motifs is 1. The molecule has 4 aromatic rings. The summed E-state index contributed by atoms with van der Waals surface area (Å²) in [4.78, 5) is 5.66. The van der Waals surface area contributed by atoms with Crippen molar-refractivity contribution in [2.24, 2.45) is 0 Å². The zero-order chi connectivity index (χ0) is 17.1. The zero-order valence-electron chi connectivity index (χ0n) is 13.7. The summed E-state index contributed by atoms with van der Waals surface area (Å²) in [6.07, 6.45) is 0. The molecule has 4 nitrogen and oxygen atoms in total. The fraction of sp³-hybridized carbons (Fsp3) is 0.100. The Morgan fingerprint density at radius 1 is 0.960 bits per heavy atom. The molecule has 1 heterocycles. The summed E-state index contributed by atoms with van der Waals surface area (Å²) >= 11 is 1.69. The van der Waals surface area contributed by atoms with Gasteiger partial charge < -0.3 is 9.26 Å². The molecule has 1 aromatic heterocycles. The minimum atomic E-state index is 0.594. The van der Waals surface area contributed by atoms with E-state index in [4.69, 9.17) is 9.26 Å². The first-order chi connectivity index (χ1) is 12.3. The summed E-state index contributed by atoms with van der Waals surface area (Å²) in [5, 5.41) is 6.54. The Morgan fingerprint density at radius 2 is 1.76 bits per heavy atom. The van der Waals surface area contributed by atoms with Gasteiger partial charge in [0.05, 0.1) is 12.9 Å². The molecule has 0 aliphatic rings. The van der Waals surface area contributed by atoms with Crippen LogP contribution in [0.1, 0.15) is 5.89 Å². The van der Waals surface area contributed by atoms with Gasteiger partial charge in [0, 0.05) is 10.5 Å². The molecular weight excluding hydrogens is 332 g/mol. The van der Waals surface area contributed by atoms with Crippen LogP contribution in [0.2, 0.25) is 0 Å². The van der Waals surface area contributed by atoms with E-state index in [1.54, 1.807) is 18.9 Å². The van der Waals surface area contributed by atoms with Crippen LogP contribution in [0.25, 0.3) is 22.2 Å². The zero-order valence-corrected chi connectivity index (χ0v) is 14.5. The van der Waals surface area contributed by atoms with Gasteiger partial charge in [-0.15, -0.1) is 11.8 Å². The van der Waals surface area contributed by atoms with Crippen molar-refractivity contribution in [2.45, 2.75) is 10.6 Å². The monoisotopic (exact) mass is 348 g/mol. The lowest BCUT2D eigenvalue weighted by atomic mass is 10.1. The largest absolute Gasteiger partial charge is 0.497 e. The molecule has 0 fully saturated rings. The van der Waals surface area contributed by atoms with Crippen LogP contribution in [0.15, 0.2) is 76.1 Å². The molecular formula is C20H16N2O2S. The van der Waals surface area contributed by atoms with Crippen LogP contribution < -0.4 is 4.74 Å². The van der Waals surface area contributed by atoms with E-state index in [1.807, 2.05) is 30.3 Å². The predicted octanol–water partition coefficient (Wildman–Crippen LogP) is 5.19.